The maximum absolute atomic E-state index is 13.4. The van der Waals surface area contributed by atoms with Gasteiger partial charge in [0, 0.05) is 29.9 Å². The third kappa shape index (κ3) is 5.59. The number of piperidine rings is 1. The molecule has 6 heteroatoms. The zero-order chi connectivity index (χ0) is 25.1. The first kappa shape index (κ1) is 24.8. The summed E-state index contributed by atoms with van der Waals surface area (Å²) in [5, 5.41) is 3.87. The number of thiophene rings is 1. The molecule has 3 aromatic rings. The molecule has 36 heavy (non-hydrogen) atoms. The van der Waals surface area contributed by atoms with Crippen LogP contribution in [0.2, 0.25) is 0 Å². The van der Waals surface area contributed by atoms with Gasteiger partial charge in [-0.15, -0.1) is 11.3 Å². The Labute approximate surface area is 218 Å². The van der Waals surface area contributed by atoms with E-state index in [-0.39, 0.29) is 11.3 Å². The van der Waals surface area contributed by atoms with E-state index in [2.05, 4.69) is 55.3 Å². The summed E-state index contributed by atoms with van der Waals surface area (Å²) in [5.41, 5.74) is 4.52. The number of nitrogens with one attached hydrogen (secondary N) is 1. The van der Waals surface area contributed by atoms with Gasteiger partial charge in [0.05, 0.1) is 18.4 Å². The van der Waals surface area contributed by atoms with Gasteiger partial charge in [-0.1, -0.05) is 32.9 Å². The number of furan rings is 1. The van der Waals surface area contributed by atoms with Crippen LogP contribution in [0.5, 0.6) is 0 Å². The third-order valence-corrected chi connectivity index (χ3v) is 8.81. The number of aliphatic imine (C=N–C) groups is 1. The fourth-order valence-corrected chi connectivity index (χ4v) is 6.63. The molecule has 2 aromatic heterocycles. The highest BCUT2D eigenvalue weighted by molar-refractivity contribution is 7.16. The lowest BCUT2D eigenvalue weighted by molar-refractivity contribution is 0.0947. The van der Waals surface area contributed by atoms with E-state index < -0.39 is 0 Å². The second-order valence-electron chi connectivity index (χ2n) is 11.1. The van der Waals surface area contributed by atoms with Crippen LogP contribution in [0.15, 0.2) is 52.1 Å². The second kappa shape index (κ2) is 10.6. The predicted octanol–water partition coefficient (Wildman–Crippen LogP) is 7.16. The molecular weight excluding hydrogens is 466 g/mol. The van der Waals surface area contributed by atoms with Crippen molar-refractivity contribution in [3.8, 4) is 0 Å². The van der Waals surface area contributed by atoms with Crippen LogP contribution in [0.25, 0.3) is 0 Å². The van der Waals surface area contributed by atoms with Gasteiger partial charge in [-0.05, 0) is 85.3 Å². The van der Waals surface area contributed by atoms with Crippen molar-refractivity contribution in [2.75, 3.05) is 18.0 Å². The Hall–Kier alpha value is -2.86. The Morgan fingerprint density at radius 3 is 2.64 bits per heavy atom. The highest BCUT2D eigenvalue weighted by atomic mass is 32.1. The third-order valence-electron chi connectivity index (χ3n) is 7.65. The van der Waals surface area contributed by atoms with Crippen molar-refractivity contribution in [3.63, 3.8) is 0 Å². The predicted molar refractivity (Wildman–Crippen MR) is 149 cm³/mol. The number of benzene rings is 1. The average molecular weight is 504 g/mol. The fraction of sp³-hybridized carbons (Fsp3) is 0.467. The molecule has 5 rings (SSSR count). The van der Waals surface area contributed by atoms with Crippen LogP contribution in [0.1, 0.15) is 78.6 Å². The number of carbonyl (C=O) groups is 1. The number of anilines is 1. The van der Waals surface area contributed by atoms with Gasteiger partial charge in [0.2, 0.25) is 0 Å². The molecule has 0 saturated carbocycles. The molecule has 1 amide bonds. The fourth-order valence-electron chi connectivity index (χ4n) is 5.36. The highest BCUT2D eigenvalue weighted by Crippen LogP contribution is 2.45. The lowest BCUT2D eigenvalue weighted by Gasteiger charge is -2.33. The van der Waals surface area contributed by atoms with Gasteiger partial charge in [0.15, 0.2) is 0 Å². The van der Waals surface area contributed by atoms with E-state index in [1.807, 2.05) is 18.3 Å². The summed E-state index contributed by atoms with van der Waals surface area (Å²) in [4.78, 5) is 22.0. The normalized spacial score (nSPS) is 18.4. The van der Waals surface area contributed by atoms with Crippen LogP contribution in [0.3, 0.4) is 0 Å². The Balaban J connectivity index is 1.38. The Bertz CT molecular complexity index is 1200. The largest absolute Gasteiger partial charge is 0.467 e. The first-order valence-electron chi connectivity index (χ1n) is 13.2. The summed E-state index contributed by atoms with van der Waals surface area (Å²) in [5.74, 6) is 1.30. The van der Waals surface area contributed by atoms with Crippen LogP contribution in [-0.4, -0.2) is 25.2 Å². The molecule has 1 aromatic carbocycles. The SMILES string of the molecule is CC(C)(C)[C@H]1CCc2c(sc(N=Cc3ccc(N4CCCCC4)cc3)c2C(=O)NCc2ccco2)C1. The summed E-state index contributed by atoms with van der Waals surface area (Å²) >= 11 is 1.69. The maximum Gasteiger partial charge on any atom is 0.255 e. The summed E-state index contributed by atoms with van der Waals surface area (Å²) in [6, 6.07) is 12.4. The van der Waals surface area contributed by atoms with Gasteiger partial charge in [-0.2, -0.15) is 0 Å². The van der Waals surface area contributed by atoms with Gasteiger partial charge in [0.25, 0.3) is 5.91 Å². The van der Waals surface area contributed by atoms with Crippen molar-refractivity contribution in [1.82, 2.24) is 5.32 Å². The molecule has 0 unspecified atom stereocenters. The Morgan fingerprint density at radius 2 is 1.94 bits per heavy atom. The van der Waals surface area contributed by atoms with Gasteiger partial charge in [-0.3, -0.25) is 4.79 Å². The number of hydrogen-bond donors (Lipinski definition) is 1. The van der Waals surface area contributed by atoms with E-state index in [0.717, 1.165) is 54.2 Å². The van der Waals surface area contributed by atoms with E-state index in [1.54, 1.807) is 17.6 Å². The van der Waals surface area contributed by atoms with E-state index in [9.17, 15) is 4.79 Å². The number of carbonyl (C=O) groups excluding carboxylic acids is 1. The molecule has 1 N–H and O–H groups in total. The van der Waals surface area contributed by atoms with Crippen molar-refractivity contribution in [2.45, 2.75) is 65.8 Å². The summed E-state index contributed by atoms with van der Waals surface area (Å²) < 4.78 is 5.41. The molecule has 1 aliphatic carbocycles. The molecule has 1 atom stereocenters. The van der Waals surface area contributed by atoms with E-state index in [0.29, 0.717) is 12.5 Å². The summed E-state index contributed by atoms with van der Waals surface area (Å²) in [7, 11) is 0. The molecule has 0 radical (unpaired) electrons. The van der Waals surface area contributed by atoms with Crippen molar-refractivity contribution in [2.24, 2.45) is 16.3 Å². The first-order chi connectivity index (χ1) is 17.4. The van der Waals surface area contributed by atoms with Crippen LogP contribution in [-0.2, 0) is 19.4 Å². The van der Waals surface area contributed by atoms with Crippen LogP contribution >= 0.6 is 11.3 Å². The zero-order valence-corrected chi connectivity index (χ0v) is 22.5. The second-order valence-corrected chi connectivity index (χ2v) is 12.2. The molecule has 3 heterocycles. The minimum atomic E-state index is -0.0642. The topological polar surface area (TPSA) is 57.8 Å². The summed E-state index contributed by atoms with van der Waals surface area (Å²) in [6.07, 6.45) is 10.5. The minimum absolute atomic E-state index is 0.0642. The van der Waals surface area contributed by atoms with Crippen LogP contribution in [0, 0.1) is 11.3 Å². The lowest BCUT2D eigenvalue weighted by Crippen LogP contribution is -2.29. The first-order valence-corrected chi connectivity index (χ1v) is 14.0. The molecule has 1 aliphatic heterocycles. The van der Waals surface area contributed by atoms with Crippen molar-refractivity contribution >= 4 is 34.1 Å². The highest BCUT2D eigenvalue weighted by Gasteiger charge is 2.33. The van der Waals surface area contributed by atoms with Crippen molar-refractivity contribution < 1.29 is 9.21 Å². The van der Waals surface area contributed by atoms with Gasteiger partial charge in [0.1, 0.15) is 10.8 Å². The lowest BCUT2D eigenvalue weighted by atomic mass is 9.72. The number of nitrogens with zero attached hydrogens (tertiary/aromatic N) is 2. The molecule has 0 spiro atoms. The number of hydrogen-bond acceptors (Lipinski definition) is 5. The molecule has 0 bridgehead atoms. The van der Waals surface area contributed by atoms with Crippen LogP contribution < -0.4 is 10.2 Å². The quantitative estimate of drug-likeness (QED) is 0.363. The average Bonchev–Trinajstić information content (AvgIpc) is 3.53. The molecular formula is C30H37N3O2S. The zero-order valence-electron chi connectivity index (χ0n) is 21.7. The molecule has 1 saturated heterocycles. The van der Waals surface area contributed by atoms with Gasteiger partial charge < -0.3 is 14.6 Å². The summed E-state index contributed by atoms with van der Waals surface area (Å²) in [6.45, 7) is 9.61. The van der Waals surface area contributed by atoms with Crippen molar-refractivity contribution in [3.05, 3.63) is 70.0 Å². The van der Waals surface area contributed by atoms with Gasteiger partial charge >= 0.3 is 0 Å². The van der Waals surface area contributed by atoms with E-state index in [1.165, 1.54) is 35.4 Å². The molecule has 1 fully saturated rings. The number of amides is 1. The minimum Gasteiger partial charge on any atom is -0.467 e. The molecule has 2 aliphatic rings. The number of rotatable bonds is 6. The molecule has 190 valence electrons. The Morgan fingerprint density at radius 1 is 1.17 bits per heavy atom. The van der Waals surface area contributed by atoms with E-state index in [4.69, 9.17) is 9.41 Å². The maximum atomic E-state index is 13.4. The van der Waals surface area contributed by atoms with E-state index >= 15 is 0 Å². The molecule has 5 nitrogen and oxygen atoms in total. The monoisotopic (exact) mass is 503 g/mol. The standard InChI is InChI=1S/C30H37N3O2S/c1-30(2,3)22-11-14-25-26(18-22)36-29(27(25)28(34)31-20-24-8-7-17-35-24)32-19-21-9-12-23(13-10-21)33-15-5-4-6-16-33/h7-10,12-13,17,19,22H,4-6,11,14-16,18,20H2,1-3H3,(H,31,34)/t22-/m0/s1. The van der Waals surface area contributed by atoms with Crippen molar-refractivity contribution in [1.29, 1.82) is 0 Å². The Kier molecular flexibility index (Phi) is 7.33. The smallest absolute Gasteiger partial charge is 0.255 e. The number of fused-ring (bicyclic) bond motifs is 1. The van der Waals surface area contributed by atoms with Gasteiger partial charge in [-0.25, -0.2) is 4.99 Å². The van der Waals surface area contributed by atoms with Crippen LogP contribution in [0.4, 0.5) is 10.7 Å².